The molecule has 110 valence electrons. The zero-order chi connectivity index (χ0) is 15.2. The van der Waals surface area contributed by atoms with Crippen molar-refractivity contribution < 1.29 is 4.79 Å². The van der Waals surface area contributed by atoms with E-state index in [1.807, 2.05) is 42.5 Å². The number of hydrogen-bond donors (Lipinski definition) is 1. The van der Waals surface area contributed by atoms with Crippen LogP contribution in [0.4, 0.5) is 0 Å². The van der Waals surface area contributed by atoms with E-state index >= 15 is 0 Å². The molecule has 0 bridgehead atoms. The van der Waals surface area contributed by atoms with E-state index in [1.54, 1.807) is 11.8 Å². The van der Waals surface area contributed by atoms with Gasteiger partial charge in [0.1, 0.15) is 0 Å². The molecule has 0 fully saturated rings. The number of carbonyl (C=O) groups is 1. The number of allylic oxidation sites excluding steroid dienone is 1. The minimum absolute atomic E-state index is 0.111. The Morgan fingerprint density at radius 1 is 1.00 bits per heavy atom. The normalized spacial score (nSPS) is 15.7. The molecule has 1 aliphatic heterocycles. The first kappa shape index (κ1) is 14.6. The summed E-state index contributed by atoms with van der Waals surface area (Å²) in [6.07, 6.45) is 2.70. The Morgan fingerprint density at radius 2 is 1.68 bits per heavy atom. The van der Waals surface area contributed by atoms with Gasteiger partial charge in [-0.15, -0.1) is 11.8 Å². The fourth-order valence-corrected chi connectivity index (χ4v) is 3.07. The first-order chi connectivity index (χ1) is 10.8. The van der Waals surface area contributed by atoms with Crippen molar-refractivity contribution in [3.63, 3.8) is 0 Å². The van der Waals surface area contributed by atoms with Crippen LogP contribution >= 0.6 is 11.8 Å². The molecule has 0 aromatic heterocycles. The van der Waals surface area contributed by atoms with E-state index in [0.29, 0.717) is 11.3 Å². The minimum Gasteiger partial charge on any atom is -0.267 e. The number of hydrogen-bond acceptors (Lipinski definition) is 3. The van der Waals surface area contributed by atoms with Crippen LogP contribution in [-0.2, 0) is 11.2 Å². The van der Waals surface area contributed by atoms with E-state index in [0.717, 1.165) is 12.1 Å². The molecule has 3 nitrogen and oxygen atoms in total. The Bertz CT molecular complexity index is 708. The molecule has 2 aromatic carbocycles. The zero-order valence-corrected chi connectivity index (χ0v) is 12.8. The Hall–Kier alpha value is -2.33. The average Bonchev–Trinajstić information content (AvgIpc) is 2.93. The fourth-order valence-electron chi connectivity index (χ4n) is 2.19. The molecule has 4 heteroatoms. The topological polar surface area (TPSA) is 41.5 Å². The number of benzene rings is 2. The molecule has 3 rings (SSSR count). The highest BCUT2D eigenvalue weighted by Gasteiger charge is 2.21. The number of rotatable bonds is 5. The quantitative estimate of drug-likeness (QED) is 0.679. The fraction of sp³-hybridized carbons (Fsp3) is 0.111. The van der Waals surface area contributed by atoms with E-state index in [9.17, 15) is 4.79 Å². The first-order valence-electron chi connectivity index (χ1n) is 7.12. The second-order valence-electron chi connectivity index (χ2n) is 4.91. The molecule has 0 saturated carbocycles. The van der Waals surface area contributed by atoms with E-state index < -0.39 is 0 Å². The summed E-state index contributed by atoms with van der Waals surface area (Å²) >= 11 is 1.68. The lowest BCUT2D eigenvalue weighted by atomic mass is 10.1. The molecule has 1 heterocycles. The van der Waals surface area contributed by atoms with E-state index in [4.69, 9.17) is 0 Å². The molecule has 0 radical (unpaired) electrons. The third-order valence-corrected chi connectivity index (χ3v) is 4.37. The van der Waals surface area contributed by atoms with Gasteiger partial charge in [0.2, 0.25) is 0 Å². The van der Waals surface area contributed by atoms with Gasteiger partial charge in [-0.2, -0.15) is 5.10 Å². The van der Waals surface area contributed by atoms with Crippen LogP contribution in [0.3, 0.4) is 0 Å². The molecular formula is C18H16N2OS. The van der Waals surface area contributed by atoms with Crippen LogP contribution in [0.1, 0.15) is 5.56 Å². The van der Waals surface area contributed by atoms with Gasteiger partial charge in [-0.05, 0) is 24.1 Å². The number of thioether (sulfide) groups is 1. The van der Waals surface area contributed by atoms with Gasteiger partial charge >= 0.3 is 0 Å². The lowest BCUT2D eigenvalue weighted by Gasteiger charge is -2.02. The van der Waals surface area contributed by atoms with Crippen LogP contribution in [0.15, 0.2) is 82.3 Å². The number of nitrogens with zero attached hydrogens (tertiary/aromatic N) is 1. The highest BCUT2D eigenvalue weighted by atomic mass is 32.2. The van der Waals surface area contributed by atoms with Crippen LogP contribution in [0.25, 0.3) is 0 Å². The molecule has 2 aromatic rings. The molecule has 0 spiro atoms. The predicted molar refractivity (Wildman–Crippen MR) is 91.0 cm³/mol. The zero-order valence-electron chi connectivity index (χ0n) is 12.0. The van der Waals surface area contributed by atoms with Gasteiger partial charge in [-0.1, -0.05) is 54.6 Å². The van der Waals surface area contributed by atoms with Crippen LogP contribution in [0.5, 0.6) is 0 Å². The lowest BCUT2D eigenvalue weighted by Crippen LogP contribution is -2.14. The van der Waals surface area contributed by atoms with Crippen LogP contribution < -0.4 is 5.43 Å². The van der Waals surface area contributed by atoms with Crippen molar-refractivity contribution in [3.8, 4) is 0 Å². The predicted octanol–water partition coefficient (Wildman–Crippen LogP) is 3.43. The first-order valence-corrected chi connectivity index (χ1v) is 8.11. The van der Waals surface area contributed by atoms with Gasteiger partial charge in [0.05, 0.1) is 11.3 Å². The number of carbonyl (C=O) groups excluding carboxylic acids is 1. The smallest absolute Gasteiger partial charge is 0.267 e. The SMILES string of the molecule is O=C1NN=C(CSc2ccccc2)/C1=C\Cc1ccccc1. The summed E-state index contributed by atoms with van der Waals surface area (Å²) in [7, 11) is 0. The molecule has 0 aliphatic carbocycles. The molecule has 0 unspecified atom stereocenters. The van der Waals surface area contributed by atoms with E-state index in [1.165, 1.54) is 10.5 Å². The van der Waals surface area contributed by atoms with Crippen molar-refractivity contribution in [2.24, 2.45) is 5.10 Å². The number of nitrogens with one attached hydrogen (secondary N) is 1. The highest BCUT2D eigenvalue weighted by molar-refractivity contribution is 8.00. The molecule has 1 N–H and O–H groups in total. The summed E-state index contributed by atoms with van der Waals surface area (Å²) in [4.78, 5) is 13.1. The van der Waals surface area contributed by atoms with Crippen LogP contribution in [-0.4, -0.2) is 17.4 Å². The average molecular weight is 308 g/mol. The summed E-state index contributed by atoms with van der Waals surface area (Å²) < 4.78 is 0. The molecule has 22 heavy (non-hydrogen) atoms. The summed E-state index contributed by atoms with van der Waals surface area (Å²) in [5, 5.41) is 4.15. The van der Waals surface area contributed by atoms with Crippen molar-refractivity contribution in [2.45, 2.75) is 11.3 Å². The third kappa shape index (κ3) is 3.65. The minimum atomic E-state index is -0.111. The maximum atomic E-state index is 11.9. The molecule has 1 amide bonds. The monoisotopic (exact) mass is 308 g/mol. The third-order valence-electron chi connectivity index (χ3n) is 3.35. The summed E-state index contributed by atoms with van der Waals surface area (Å²) in [6, 6.07) is 20.2. The molecule has 0 saturated heterocycles. The second-order valence-corrected chi connectivity index (χ2v) is 5.96. The van der Waals surface area contributed by atoms with Crippen molar-refractivity contribution in [1.29, 1.82) is 0 Å². The van der Waals surface area contributed by atoms with Crippen LogP contribution in [0, 0.1) is 0 Å². The maximum absolute atomic E-state index is 11.9. The van der Waals surface area contributed by atoms with Gasteiger partial charge in [-0.3, -0.25) is 4.79 Å². The van der Waals surface area contributed by atoms with Crippen molar-refractivity contribution >= 4 is 23.4 Å². The maximum Gasteiger partial charge on any atom is 0.273 e. The van der Waals surface area contributed by atoms with Gasteiger partial charge in [0.15, 0.2) is 0 Å². The molecule has 0 atom stereocenters. The Kier molecular flexibility index (Phi) is 4.71. The van der Waals surface area contributed by atoms with Crippen molar-refractivity contribution in [1.82, 2.24) is 5.43 Å². The number of amides is 1. The van der Waals surface area contributed by atoms with Gasteiger partial charge in [-0.25, -0.2) is 5.43 Å². The standard InChI is InChI=1S/C18H16N2OS/c21-18-16(12-11-14-7-3-1-4-8-14)17(19-20-18)13-22-15-9-5-2-6-10-15/h1-10,12H,11,13H2,(H,20,21)/b16-12+. The van der Waals surface area contributed by atoms with Crippen molar-refractivity contribution in [3.05, 3.63) is 77.9 Å². The Balaban J connectivity index is 1.67. The van der Waals surface area contributed by atoms with Gasteiger partial charge < -0.3 is 0 Å². The van der Waals surface area contributed by atoms with Gasteiger partial charge in [0, 0.05) is 10.6 Å². The summed E-state index contributed by atoms with van der Waals surface area (Å²) in [5.74, 6) is 0.572. The second kappa shape index (κ2) is 7.09. The summed E-state index contributed by atoms with van der Waals surface area (Å²) in [5.41, 5.74) is 5.25. The highest BCUT2D eigenvalue weighted by Crippen LogP contribution is 2.20. The largest absolute Gasteiger partial charge is 0.273 e. The number of hydrazone groups is 1. The van der Waals surface area contributed by atoms with Gasteiger partial charge in [0.25, 0.3) is 5.91 Å². The molecular weight excluding hydrogens is 292 g/mol. The summed E-state index contributed by atoms with van der Waals surface area (Å²) in [6.45, 7) is 0. The molecule has 1 aliphatic rings. The van der Waals surface area contributed by atoms with Crippen LogP contribution in [0.2, 0.25) is 0 Å². The Morgan fingerprint density at radius 3 is 2.41 bits per heavy atom. The Labute approximate surface area is 134 Å². The van der Waals surface area contributed by atoms with Crippen molar-refractivity contribution in [2.75, 3.05) is 5.75 Å². The van der Waals surface area contributed by atoms with E-state index in [2.05, 4.69) is 34.8 Å². The lowest BCUT2D eigenvalue weighted by molar-refractivity contribution is -0.116. The van der Waals surface area contributed by atoms with E-state index in [-0.39, 0.29) is 5.91 Å².